The van der Waals surface area contributed by atoms with Crippen LogP contribution in [-0.4, -0.2) is 28.8 Å². The fraction of sp³-hybridized carbons (Fsp3) is 0.636. The van der Waals surface area contributed by atoms with Crippen LogP contribution in [-0.2, 0) is 9.53 Å². The van der Waals surface area contributed by atoms with E-state index in [1.165, 1.54) is 0 Å². The zero-order chi connectivity index (χ0) is 12.9. The molecule has 0 rings (SSSR count). The van der Waals surface area contributed by atoms with Crippen molar-refractivity contribution < 1.29 is 19.4 Å². The second-order valence-corrected chi connectivity index (χ2v) is 4.59. The maximum atomic E-state index is 11.4. The molecule has 0 heterocycles. The molecule has 0 saturated carbocycles. The first kappa shape index (κ1) is 14.5. The Balaban J connectivity index is 4.30. The van der Waals surface area contributed by atoms with Crippen LogP contribution in [0.25, 0.3) is 0 Å². The Labute approximate surface area is 95.5 Å². The van der Waals surface area contributed by atoms with E-state index in [1.807, 2.05) is 0 Å². The number of amides is 1. The SMILES string of the molecule is C/C(=C\C(=O)O)[C@H](C)NC(=O)OC(C)(C)C. The molecule has 1 atom stereocenters. The van der Waals surface area contributed by atoms with Gasteiger partial charge >= 0.3 is 12.1 Å². The van der Waals surface area contributed by atoms with E-state index < -0.39 is 17.7 Å². The highest BCUT2D eigenvalue weighted by atomic mass is 16.6. The summed E-state index contributed by atoms with van der Waals surface area (Å²) in [5.41, 5.74) is -0.00725. The van der Waals surface area contributed by atoms with E-state index in [2.05, 4.69) is 5.32 Å². The molecule has 0 aliphatic rings. The van der Waals surface area contributed by atoms with Crippen molar-refractivity contribution in [3.63, 3.8) is 0 Å². The summed E-state index contributed by atoms with van der Waals surface area (Å²) in [6.45, 7) is 8.61. The minimum atomic E-state index is -1.03. The van der Waals surface area contributed by atoms with E-state index in [0.717, 1.165) is 6.08 Å². The van der Waals surface area contributed by atoms with Gasteiger partial charge in [0.25, 0.3) is 0 Å². The molecule has 0 aromatic heterocycles. The van der Waals surface area contributed by atoms with Crippen LogP contribution in [0.15, 0.2) is 11.6 Å². The van der Waals surface area contributed by atoms with Crippen molar-refractivity contribution in [2.45, 2.75) is 46.3 Å². The lowest BCUT2D eigenvalue weighted by Gasteiger charge is -2.22. The number of aliphatic carboxylic acids is 1. The number of carboxylic acids is 1. The molecule has 2 N–H and O–H groups in total. The zero-order valence-electron chi connectivity index (χ0n) is 10.3. The van der Waals surface area contributed by atoms with Gasteiger partial charge in [-0.1, -0.05) is 0 Å². The highest BCUT2D eigenvalue weighted by Gasteiger charge is 2.18. The molecular formula is C11H19NO4. The van der Waals surface area contributed by atoms with Gasteiger partial charge in [-0.15, -0.1) is 0 Å². The summed E-state index contributed by atoms with van der Waals surface area (Å²) in [7, 11) is 0. The molecule has 5 heteroatoms. The van der Waals surface area contributed by atoms with Crippen LogP contribution in [0.2, 0.25) is 0 Å². The summed E-state index contributed by atoms with van der Waals surface area (Å²) in [6.07, 6.45) is 0.500. The van der Waals surface area contributed by atoms with Crippen LogP contribution < -0.4 is 5.32 Å². The number of carbonyl (C=O) groups excluding carboxylic acids is 1. The average Bonchev–Trinajstić information content (AvgIpc) is 1.98. The third-order valence-electron chi connectivity index (χ3n) is 1.77. The van der Waals surface area contributed by atoms with Gasteiger partial charge in [0.15, 0.2) is 0 Å². The van der Waals surface area contributed by atoms with Gasteiger partial charge in [0, 0.05) is 6.08 Å². The van der Waals surface area contributed by atoms with Gasteiger partial charge in [0.2, 0.25) is 0 Å². The van der Waals surface area contributed by atoms with Gasteiger partial charge in [0.1, 0.15) is 5.60 Å². The molecule has 0 aromatic carbocycles. The molecule has 5 nitrogen and oxygen atoms in total. The van der Waals surface area contributed by atoms with Crippen molar-refractivity contribution in [1.82, 2.24) is 5.32 Å². The Kier molecular flexibility index (Phi) is 5.01. The molecule has 0 radical (unpaired) electrons. The molecule has 1 amide bonds. The van der Waals surface area contributed by atoms with E-state index in [4.69, 9.17) is 9.84 Å². The van der Waals surface area contributed by atoms with E-state index in [1.54, 1.807) is 34.6 Å². The second-order valence-electron chi connectivity index (χ2n) is 4.59. The van der Waals surface area contributed by atoms with E-state index in [9.17, 15) is 9.59 Å². The number of carboxylic acid groups (broad SMARTS) is 1. The maximum Gasteiger partial charge on any atom is 0.408 e. The Morgan fingerprint density at radius 2 is 1.88 bits per heavy atom. The Bertz CT molecular complexity index is 302. The number of nitrogens with one attached hydrogen (secondary N) is 1. The first-order valence-electron chi connectivity index (χ1n) is 5.02. The first-order chi connectivity index (χ1) is 7.11. The van der Waals surface area contributed by atoms with E-state index >= 15 is 0 Å². The lowest BCUT2D eigenvalue weighted by molar-refractivity contribution is -0.131. The van der Waals surface area contributed by atoms with Crippen molar-refractivity contribution in [2.24, 2.45) is 0 Å². The summed E-state index contributed by atoms with van der Waals surface area (Å²) in [5, 5.41) is 11.1. The Morgan fingerprint density at radius 1 is 1.38 bits per heavy atom. The second kappa shape index (κ2) is 5.53. The number of rotatable bonds is 3. The summed E-state index contributed by atoms with van der Waals surface area (Å²) in [6, 6.07) is -0.369. The van der Waals surface area contributed by atoms with Crippen molar-refractivity contribution >= 4 is 12.1 Å². The molecule has 0 bridgehead atoms. The van der Waals surface area contributed by atoms with Crippen molar-refractivity contribution in [3.8, 4) is 0 Å². The quantitative estimate of drug-likeness (QED) is 0.725. The fourth-order valence-corrected chi connectivity index (χ4v) is 0.918. The Morgan fingerprint density at radius 3 is 2.25 bits per heavy atom. The zero-order valence-corrected chi connectivity index (χ0v) is 10.3. The van der Waals surface area contributed by atoms with Crippen molar-refractivity contribution in [1.29, 1.82) is 0 Å². The molecule has 0 aliphatic carbocycles. The lowest BCUT2D eigenvalue weighted by atomic mass is 10.1. The third-order valence-corrected chi connectivity index (χ3v) is 1.77. The molecule has 92 valence electrons. The predicted molar refractivity (Wildman–Crippen MR) is 60.2 cm³/mol. The molecule has 0 saturated heterocycles. The van der Waals surface area contributed by atoms with Gasteiger partial charge in [-0.2, -0.15) is 0 Å². The highest BCUT2D eigenvalue weighted by Crippen LogP contribution is 2.08. The Hall–Kier alpha value is -1.52. The third kappa shape index (κ3) is 6.86. The van der Waals surface area contributed by atoms with Gasteiger partial charge in [0.05, 0.1) is 6.04 Å². The number of carbonyl (C=O) groups is 2. The number of alkyl carbamates (subject to hydrolysis) is 1. The standard InChI is InChI=1S/C11H19NO4/c1-7(6-9(13)14)8(2)12-10(15)16-11(3,4)5/h6,8H,1-5H3,(H,12,15)(H,13,14)/b7-6+/t8-/m0/s1. The summed E-state index contributed by atoms with van der Waals surface area (Å²) >= 11 is 0. The molecule has 0 aromatic rings. The number of hydrogen-bond acceptors (Lipinski definition) is 3. The number of hydrogen-bond donors (Lipinski definition) is 2. The summed E-state index contributed by atoms with van der Waals surface area (Å²) in [5.74, 6) is -1.03. The van der Waals surface area contributed by atoms with Crippen LogP contribution in [0, 0.1) is 0 Å². The van der Waals surface area contributed by atoms with Crippen molar-refractivity contribution in [2.75, 3.05) is 0 Å². The largest absolute Gasteiger partial charge is 0.478 e. The fourth-order valence-electron chi connectivity index (χ4n) is 0.918. The molecule has 16 heavy (non-hydrogen) atoms. The van der Waals surface area contributed by atoms with Crippen LogP contribution in [0.4, 0.5) is 4.79 Å². The lowest BCUT2D eigenvalue weighted by Crippen LogP contribution is -2.38. The predicted octanol–water partition coefficient (Wildman–Crippen LogP) is 1.93. The van der Waals surface area contributed by atoms with Gasteiger partial charge < -0.3 is 15.2 Å². The van der Waals surface area contributed by atoms with Gasteiger partial charge in [-0.3, -0.25) is 0 Å². The summed E-state index contributed by atoms with van der Waals surface area (Å²) < 4.78 is 5.04. The minimum absolute atomic E-state index is 0.369. The first-order valence-corrected chi connectivity index (χ1v) is 5.02. The maximum absolute atomic E-state index is 11.4. The van der Waals surface area contributed by atoms with Crippen LogP contribution in [0.3, 0.4) is 0 Å². The van der Waals surface area contributed by atoms with Gasteiger partial charge in [-0.25, -0.2) is 9.59 Å². The van der Waals surface area contributed by atoms with E-state index in [0.29, 0.717) is 5.57 Å². The molecular weight excluding hydrogens is 210 g/mol. The van der Waals surface area contributed by atoms with Crippen LogP contribution >= 0.6 is 0 Å². The normalized spacial score (nSPS) is 14.2. The number of ether oxygens (including phenoxy) is 1. The average molecular weight is 229 g/mol. The minimum Gasteiger partial charge on any atom is -0.478 e. The van der Waals surface area contributed by atoms with Gasteiger partial charge in [-0.05, 0) is 40.2 Å². The van der Waals surface area contributed by atoms with Crippen molar-refractivity contribution in [3.05, 3.63) is 11.6 Å². The molecule has 0 unspecified atom stereocenters. The topological polar surface area (TPSA) is 75.6 Å². The van der Waals surface area contributed by atoms with Crippen LogP contribution in [0.1, 0.15) is 34.6 Å². The van der Waals surface area contributed by atoms with Crippen LogP contribution in [0.5, 0.6) is 0 Å². The van der Waals surface area contributed by atoms with E-state index in [-0.39, 0.29) is 6.04 Å². The molecule has 0 spiro atoms. The highest BCUT2D eigenvalue weighted by molar-refractivity contribution is 5.81. The monoisotopic (exact) mass is 229 g/mol. The smallest absolute Gasteiger partial charge is 0.408 e. The molecule has 0 aliphatic heterocycles. The molecule has 0 fully saturated rings. The summed E-state index contributed by atoms with van der Waals surface area (Å²) in [4.78, 5) is 21.8.